The number of hydrogen-bond acceptors (Lipinski definition) is 5. The maximum Gasteiger partial charge on any atom is 0.278 e. The smallest absolute Gasteiger partial charge is 0.278 e. The first-order valence-corrected chi connectivity index (χ1v) is 10.4. The number of nitrogens with zero attached hydrogens (tertiary/aromatic N) is 1. The first-order chi connectivity index (χ1) is 14.6. The monoisotopic (exact) mass is 408 g/mol. The van der Waals surface area contributed by atoms with Crippen LogP contribution in [0.25, 0.3) is 5.57 Å². The molecule has 2 amide bonds. The Kier molecular flexibility index (Phi) is 7.12. The summed E-state index contributed by atoms with van der Waals surface area (Å²) in [6.07, 6.45) is 1.62. The van der Waals surface area contributed by atoms with E-state index in [9.17, 15) is 9.59 Å². The van der Waals surface area contributed by atoms with Crippen LogP contribution in [-0.4, -0.2) is 36.5 Å². The van der Waals surface area contributed by atoms with Crippen LogP contribution in [0.2, 0.25) is 0 Å². The number of hydrogen-bond donors (Lipinski definition) is 1. The van der Waals surface area contributed by atoms with Gasteiger partial charge in [0.2, 0.25) is 0 Å². The highest BCUT2D eigenvalue weighted by Gasteiger charge is 2.38. The molecule has 0 bridgehead atoms. The lowest BCUT2D eigenvalue weighted by Crippen LogP contribution is -2.33. The zero-order valence-corrected chi connectivity index (χ0v) is 17.7. The molecule has 0 saturated heterocycles. The van der Waals surface area contributed by atoms with E-state index < -0.39 is 0 Å². The molecule has 1 heterocycles. The summed E-state index contributed by atoms with van der Waals surface area (Å²) >= 11 is 0. The van der Waals surface area contributed by atoms with Crippen LogP contribution in [0.5, 0.6) is 11.5 Å². The first kappa shape index (κ1) is 21.4. The quantitative estimate of drug-likeness (QED) is 0.587. The van der Waals surface area contributed by atoms with Crippen molar-refractivity contribution in [1.82, 2.24) is 4.90 Å². The van der Waals surface area contributed by atoms with Crippen molar-refractivity contribution in [1.29, 1.82) is 0 Å². The fourth-order valence-corrected chi connectivity index (χ4v) is 3.27. The number of benzene rings is 2. The van der Waals surface area contributed by atoms with Crippen molar-refractivity contribution in [2.24, 2.45) is 0 Å². The van der Waals surface area contributed by atoms with Gasteiger partial charge in [0.1, 0.15) is 17.2 Å². The van der Waals surface area contributed by atoms with Crippen molar-refractivity contribution < 1.29 is 19.1 Å². The minimum Gasteiger partial charge on any atom is -0.494 e. The van der Waals surface area contributed by atoms with E-state index in [2.05, 4.69) is 5.32 Å². The lowest BCUT2D eigenvalue weighted by molar-refractivity contribution is -0.136. The molecular formula is C24H28N2O4. The standard InChI is InChI=1S/C24H28N2O4/c1-4-15-26-23(27)21(17-7-11-20(12-8-17)30-16-5-2)22(24(26)28)25-18-9-13-19(14-10-18)29-6-3/h7-14,25H,4-6,15-16H2,1-3H3. The van der Waals surface area contributed by atoms with Crippen LogP contribution in [0.3, 0.4) is 0 Å². The van der Waals surface area contributed by atoms with E-state index >= 15 is 0 Å². The predicted molar refractivity (Wildman–Crippen MR) is 117 cm³/mol. The topological polar surface area (TPSA) is 67.9 Å². The van der Waals surface area contributed by atoms with Crippen molar-refractivity contribution in [2.75, 3.05) is 25.1 Å². The Morgan fingerprint density at radius 3 is 2.03 bits per heavy atom. The average Bonchev–Trinajstić information content (AvgIpc) is 2.99. The van der Waals surface area contributed by atoms with Gasteiger partial charge < -0.3 is 14.8 Å². The molecule has 2 aromatic carbocycles. The van der Waals surface area contributed by atoms with E-state index in [-0.39, 0.29) is 11.8 Å². The fourth-order valence-electron chi connectivity index (χ4n) is 3.27. The Balaban J connectivity index is 1.93. The minimum atomic E-state index is -0.308. The van der Waals surface area contributed by atoms with E-state index in [0.29, 0.717) is 48.7 Å². The van der Waals surface area contributed by atoms with Crippen LogP contribution in [0.4, 0.5) is 5.69 Å². The maximum absolute atomic E-state index is 13.1. The van der Waals surface area contributed by atoms with Crippen LogP contribution in [-0.2, 0) is 9.59 Å². The molecule has 0 fully saturated rings. The van der Waals surface area contributed by atoms with E-state index in [4.69, 9.17) is 9.47 Å². The normalized spacial score (nSPS) is 13.8. The third kappa shape index (κ3) is 4.64. The van der Waals surface area contributed by atoms with Crippen molar-refractivity contribution in [2.45, 2.75) is 33.6 Å². The van der Waals surface area contributed by atoms with Crippen molar-refractivity contribution >= 4 is 23.1 Å². The first-order valence-electron chi connectivity index (χ1n) is 10.4. The zero-order valence-electron chi connectivity index (χ0n) is 17.7. The summed E-state index contributed by atoms with van der Waals surface area (Å²) in [6, 6.07) is 14.6. The van der Waals surface area contributed by atoms with Gasteiger partial charge in [0, 0.05) is 12.2 Å². The number of carbonyl (C=O) groups excluding carboxylic acids is 2. The van der Waals surface area contributed by atoms with Crippen LogP contribution >= 0.6 is 0 Å². The molecule has 3 rings (SSSR count). The summed E-state index contributed by atoms with van der Waals surface area (Å²) in [5, 5.41) is 3.16. The van der Waals surface area contributed by atoms with Gasteiger partial charge in [0.05, 0.1) is 18.8 Å². The molecule has 0 radical (unpaired) electrons. The van der Waals surface area contributed by atoms with E-state index in [1.165, 1.54) is 4.90 Å². The van der Waals surface area contributed by atoms with E-state index in [1.54, 1.807) is 0 Å². The molecule has 158 valence electrons. The van der Waals surface area contributed by atoms with E-state index in [1.807, 2.05) is 69.3 Å². The highest BCUT2D eigenvalue weighted by atomic mass is 16.5. The highest BCUT2D eigenvalue weighted by Crippen LogP contribution is 2.32. The molecule has 6 heteroatoms. The van der Waals surface area contributed by atoms with Crippen molar-refractivity contribution in [3.63, 3.8) is 0 Å². The van der Waals surface area contributed by atoms with E-state index in [0.717, 1.165) is 17.9 Å². The molecule has 1 aliphatic heterocycles. The lowest BCUT2D eigenvalue weighted by Gasteiger charge is -2.14. The van der Waals surface area contributed by atoms with Crippen LogP contribution in [0.15, 0.2) is 54.2 Å². The third-order valence-electron chi connectivity index (χ3n) is 4.67. The molecule has 30 heavy (non-hydrogen) atoms. The summed E-state index contributed by atoms with van der Waals surface area (Å²) in [6.45, 7) is 7.51. The van der Waals surface area contributed by atoms with Gasteiger partial charge in [-0.05, 0) is 61.7 Å². The molecule has 0 spiro atoms. The summed E-state index contributed by atoms with van der Waals surface area (Å²) in [7, 11) is 0. The molecule has 0 aromatic heterocycles. The number of amides is 2. The Hall–Kier alpha value is -3.28. The van der Waals surface area contributed by atoms with Gasteiger partial charge in [0.25, 0.3) is 11.8 Å². The summed E-state index contributed by atoms with van der Waals surface area (Å²) in [5.41, 5.74) is 2.07. The van der Waals surface area contributed by atoms with Crippen LogP contribution < -0.4 is 14.8 Å². The second-order valence-electron chi connectivity index (χ2n) is 6.97. The molecule has 1 aliphatic rings. The Bertz CT molecular complexity index is 917. The SMILES string of the molecule is CCCOc1ccc(C2=C(Nc3ccc(OCC)cc3)C(=O)N(CCC)C2=O)cc1. The number of imide groups is 1. The zero-order chi connectivity index (χ0) is 21.5. The van der Waals surface area contributed by atoms with Gasteiger partial charge in [-0.2, -0.15) is 0 Å². The fraction of sp³-hybridized carbons (Fsp3) is 0.333. The number of nitrogens with one attached hydrogen (secondary N) is 1. The van der Waals surface area contributed by atoms with Crippen molar-refractivity contribution in [3.05, 3.63) is 59.8 Å². The number of anilines is 1. The molecule has 6 nitrogen and oxygen atoms in total. The average molecular weight is 408 g/mol. The Labute approximate surface area is 177 Å². The largest absolute Gasteiger partial charge is 0.494 e. The van der Waals surface area contributed by atoms with Crippen molar-refractivity contribution in [3.8, 4) is 11.5 Å². The lowest BCUT2D eigenvalue weighted by atomic mass is 10.0. The van der Waals surface area contributed by atoms with Gasteiger partial charge >= 0.3 is 0 Å². The van der Waals surface area contributed by atoms with Gasteiger partial charge in [-0.15, -0.1) is 0 Å². The van der Waals surface area contributed by atoms with Gasteiger partial charge in [-0.1, -0.05) is 26.0 Å². The highest BCUT2D eigenvalue weighted by molar-refractivity contribution is 6.36. The maximum atomic E-state index is 13.1. The molecule has 2 aromatic rings. The minimum absolute atomic E-state index is 0.280. The molecule has 0 unspecified atom stereocenters. The summed E-state index contributed by atoms with van der Waals surface area (Å²) in [4.78, 5) is 27.4. The molecular weight excluding hydrogens is 380 g/mol. The number of ether oxygens (including phenoxy) is 2. The molecule has 0 atom stereocenters. The number of carbonyl (C=O) groups is 2. The second kappa shape index (κ2) is 9.96. The second-order valence-corrected chi connectivity index (χ2v) is 6.97. The van der Waals surface area contributed by atoms with Gasteiger partial charge in [0.15, 0.2) is 0 Å². The van der Waals surface area contributed by atoms with Crippen LogP contribution in [0.1, 0.15) is 39.2 Å². The predicted octanol–water partition coefficient (Wildman–Crippen LogP) is 4.48. The Morgan fingerprint density at radius 1 is 0.800 bits per heavy atom. The third-order valence-corrected chi connectivity index (χ3v) is 4.67. The summed E-state index contributed by atoms with van der Waals surface area (Å²) in [5.74, 6) is 0.903. The summed E-state index contributed by atoms with van der Waals surface area (Å²) < 4.78 is 11.1. The number of rotatable bonds is 10. The van der Waals surface area contributed by atoms with Crippen LogP contribution in [0, 0.1) is 0 Å². The molecule has 1 N–H and O–H groups in total. The Morgan fingerprint density at radius 2 is 1.43 bits per heavy atom. The van der Waals surface area contributed by atoms with Gasteiger partial charge in [-0.25, -0.2) is 0 Å². The molecule has 0 saturated carbocycles. The van der Waals surface area contributed by atoms with Gasteiger partial charge in [-0.3, -0.25) is 14.5 Å². The molecule has 0 aliphatic carbocycles.